The Balaban J connectivity index is 1.85. The van der Waals surface area contributed by atoms with E-state index in [9.17, 15) is 4.79 Å². The van der Waals surface area contributed by atoms with Crippen LogP contribution in [0.1, 0.15) is 18.9 Å². The van der Waals surface area contributed by atoms with Crippen molar-refractivity contribution in [3.63, 3.8) is 0 Å². The number of nitrogens with one attached hydrogen (secondary N) is 1. The van der Waals surface area contributed by atoms with Gasteiger partial charge in [-0.1, -0.05) is 41.8 Å². The Morgan fingerprint density at radius 1 is 1.14 bits per heavy atom. The number of thioether (sulfide) groups is 1. The van der Waals surface area contributed by atoms with Gasteiger partial charge in [-0.3, -0.25) is 4.79 Å². The maximum atomic E-state index is 10.8. The number of benzene rings is 2. The van der Waals surface area contributed by atoms with Crippen LogP contribution in [0.5, 0.6) is 0 Å². The molecule has 0 amide bonds. The molecule has 1 heterocycles. The van der Waals surface area contributed by atoms with Gasteiger partial charge >= 0.3 is 0 Å². The molecule has 0 bridgehead atoms. The Hall–Kier alpha value is -2.18. The molecule has 1 aromatic heterocycles. The second kappa shape index (κ2) is 6.07. The average molecular weight is 293 g/mol. The molecule has 1 N–H and O–H groups in total. The summed E-state index contributed by atoms with van der Waals surface area (Å²) < 4.78 is 0. The third kappa shape index (κ3) is 3.12. The highest BCUT2D eigenvalue weighted by atomic mass is 32.2. The fourth-order valence-corrected chi connectivity index (χ4v) is 2.83. The van der Waals surface area contributed by atoms with Gasteiger partial charge in [-0.05, 0) is 24.3 Å². The van der Waals surface area contributed by atoms with Crippen LogP contribution in [0.15, 0.2) is 42.5 Å². The number of carbonyl (C=O) groups excluding carboxylic acids is 1. The molecule has 0 radical (unpaired) electrons. The molecule has 0 fully saturated rings. The fraction of sp³-hybridized carbons (Fsp3) is 0.167. The van der Waals surface area contributed by atoms with Crippen molar-refractivity contribution in [3.05, 3.63) is 48.0 Å². The molecule has 0 saturated carbocycles. The number of hydrogen-bond acceptors (Lipinski definition) is 2. The molecule has 0 saturated heterocycles. The van der Waals surface area contributed by atoms with Crippen molar-refractivity contribution in [2.75, 3.05) is 5.75 Å². The monoisotopic (exact) mass is 293 g/mol. The zero-order valence-electron chi connectivity index (χ0n) is 11.8. The minimum Gasteiger partial charge on any atom is -0.355 e. The van der Waals surface area contributed by atoms with Crippen LogP contribution < -0.4 is 0 Å². The van der Waals surface area contributed by atoms with Crippen molar-refractivity contribution in [3.8, 4) is 11.8 Å². The summed E-state index contributed by atoms with van der Waals surface area (Å²) in [4.78, 5) is 14.2. The van der Waals surface area contributed by atoms with Gasteiger partial charge in [0.2, 0.25) is 0 Å². The molecular formula is C18H15NOS. The summed E-state index contributed by atoms with van der Waals surface area (Å²) >= 11 is 1.33. The first-order valence-electron chi connectivity index (χ1n) is 6.87. The van der Waals surface area contributed by atoms with E-state index in [4.69, 9.17) is 0 Å². The first-order chi connectivity index (χ1) is 10.2. The zero-order valence-corrected chi connectivity index (χ0v) is 12.6. The summed E-state index contributed by atoms with van der Waals surface area (Å²) in [7, 11) is 0. The minimum absolute atomic E-state index is 0.150. The normalized spacial score (nSPS) is 10.5. The first kappa shape index (κ1) is 13.8. The van der Waals surface area contributed by atoms with Gasteiger partial charge in [0, 0.05) is 46.5 Å². The van der Waals surface area contributed by atoms with Crippen molar-refractivity contribution < 1.29 is 4.79 Å². The molecule has 0 unspecified atom stereocenters. The van der Waals surface area contributed by atoms with Gasteiger partial charge in [-0.2, -0.15) is 0 Å². The van der Waals surface area contributed by atoms with E-state index in [0.717, 1.165) is 28.8 Å². The van der Waals surface area contributed by atoms with E-state index in [0.29, 0.717) is 0 Å². The Morgan fingerprint density at radius 3 is 2.81 bits per heavy atom. The van der Waals surface area contributed by atoms with Crippen LogP contribution in [-0.4, -0.2) is 15.9 Å². The van der Waals surface area contributed by atoms with Gasteiger partial charge in [0.05, 0.1) is 0 Å². The number of carbonyl (C=O) groups is 1. The Morgan fingerprint density at radius 2 is 1.95 bits per heavy atom. The largest absolute Gasteiger partial charge is 0.355 e. The Bertz CT molecular complexity index is 867. The van der Waals surface area contributed by atoms with Crippen molar-refractivity contribution >= 4 is 38.7 Å². The molecule has 21 heavy (non-hydrogen) atoms. The van der Waals surface area contributed by atoms with E-state index in [1.807, 2.05) is 18.2 Å². The molecule has 0 aliphatic rings. The molecule has 3 aromatic rings. The van der Waals surface area contributed by atoms with Crippen LogP contribution in [-0.2, 0) is 4.79 Å². The lowest BCUT2D eigenvalue weighted by Crippen LogP contribution is -1.84. The molecular weight excluding hydrogens is 278 g/mol. The van der Waals surface area contributed by atoms with Gasteiger partial charge in [-0.25, -0.2) is 0 Å². The van der Waals surface area contributed by atoms with E-state index >= 15 is 0 Å². The number of fused-ring (bicyclic) bond motifs is 3. The molecule has 3 heteroatoms. The van der Waals surface area contributed by atoms with Crippen molar-refractivity contribution in [1.29, 1.82) is 0 Å². The number of hydrogen-bond donors (Lipinski definition) is 1. The summed E-state index contributed by atoms with van der Waals surface area (Å²) in [5, 5.41) is 2.58. The molecule has 0 spiro atoms. The lowest BCUT2D eigenvalue weighted by molar-refractivity contribution is -0.109. The van der Waals surface area contributed by atoms with Gasteiger partial charge in [0.25, 0.3) is 0 Å². The van der Waals surface area contributed by atoms with E-state index in [1.165, 1.54) is 22.5 Å². The van der Waals surface area contributed by atoms with Crippen LogP contribution in [0.4, 0.5) is 0 Å². The van der Waals surface area contributed by atoms with E-state index < -0.39 is 0 Å². The number of aromatic amines is 1. The molecule has 2 nitrogen and oxygen atoms in total. The van der Waals surface area contributed by atoms with Crippen LogP contribution in [0.2, 0.25) is 0 Å². The summed E-state index contributed by atoms with van der Waals surface area (Å²) in [6.07, 6.45) is 0.732. The number of aromatic nitrogens is 1. The Kier molecular flexibility index (Phi) is 3.98. The van der Waals surface area contributed by atoms with Crippen molar-refractivity contribution in [2.24, 2.45) is 0 Å². The lowest BCUT2D eigenvalue weighted by Gasteiger charge is -1.93. The summed E-state index contributed by atoms with van der Waals surface area (Å²) in [5.74, 6) is 7.07. The van der Waals surface area contributed by atoms with E-state index in [-0.39, 0.29) is 5.12 Å². The van der Waals surface area contributed by atoms with Gasteiger partial charge < -0.3 is 4.98 Å². The fourth-order valence-electron chi connectivity index (χ4n) is 2.34. The first-order valence-corrected chi connectivity index (χ1v) is 7.85. The van der Waals surface area contributed by atoms with E-state index in [1.54, 1.807) is 6.92 Å². The SMILES string of the molecule is CC(=O)SCCC#Cc1ccc2[nH]c3ccccc3c2c1. The molecule has 0 atom stereocenters. The van der Waals surface area contributed by atoms with E-state index in [2.05, 4.69) is 41.1 Å². The number of rotatable bonds is 2. The topological polar surface area (TPSA) is 32.9 Å². The highest BCUT2D eigenvalue weighted by Gasteiger charge is 2.03. The zero-order chi connectivity index (χ0) is 14.7. The predicted molar refractivity (Wildman–Crippen MR) is 90.4 cm³/mol. The van der Waals surface area contributed by atoms with Crippen LogP contribution in [0, 0.1) is 11.8 Å². The standard InChI is InChI=1S/C18H15NOS/c1-13(20)21-11-5-4-6-14-9-10-18-16(12-14)15-7-2-3-8-17(15)19-18/h2-3,7-10,12,19H,5,11H2,1H3. The number of H-pyrrole nitrogens is 1. The third-order valence-electron chi connectivity index (χ3n) is 3.27. The van der Waals surface area contributed by atoms with Crippen molar-refractivity contribution in [2.45, 2.75) is 13.3 Å². The molecule has 2 aromatic carbocycles. The number of para-hydroxylation sites is 1. The van der Waals surface area contributed by atoms with Gasteiger partial charge in [-0.15, -0.1) is 0 Å². The summed E-state index contributed by atoms with van der Waals surface area (Å²) in [6, 6.07) is 14.5. The maximum Gasteiger partial charge on any atom is 0.185 e. The minimum atomic E-state index is 0.150. The molecule has 0 aliphatic heterocycles. The van der Waals surface area contributed by atoms with Gasteiger partial charge in [0.1, 0.15) is 0 Å². The van der Waals surface area contributed by atoms with Crippen molar-refractivity contribution in [1.82, 2.24) is 4.98 Å². The third-order valence-corrected chi connectivity index (χ3v) is 4.09. The predicted octanol–water partition coefficient (Wildman–Crippen LogP) is 4.34. The quantitative estimate of drug-likeness (QED) is 0.563. The maximum absolute atomic E-state index is 10.8. The van der Waals surface area contributed by atoms with Crippen LogP contribution in [0.3, 0.4) is 0 Å². The average Bonchev–Trinajstić information content (AvgIpc) is 2.84. The van der Waals surface area contributed by atoms with Gasteiger partial charge in [0.15, 0.2) is 5.12 Å². The highest BCUT2D eigenvalue weighted by molar-refractivity contribution is 8.13. The smallest absolute Gasteiger partial charge is 0.185 e. The van der Waals surface area contributed by atoms with Crippen LogP contribution in [0.25, 0.3) is 21.8 Å². The summed E-state index contributed by atoms with van der Waals surface area (Å²) in [6.45, 7) is 1.59. The molecule has 3 rings (SSSR count). The van der Waals surface area contributed by atoms with Crippen LogP contribution >= 0.6 is 11.8 Å². The summed E-state index contributed by atoms with van der Waals surface area (Å²) in [5.41, 5.74) is 3.30. The lowest BCUT2D eigenvalue weighted by atomic mass is 10.1. The second-order valence-electron chi connectivity index (χ2n) is 4.82. The Labute approximate surface area is 127 Å². The molecule has 104 valence electrons. The highest BCUT2D eigenvalue weighted by Crippen LogP contribution is 2.25. The second-order valence-corrected chi connectivity index (χ2v) is 6.09. The molecule has 0 aliphatic carbocycles.